The van der Waals surface area contributed by atoms with E-state index in [4.69, 9.17) is 4.74 Å². The lowest BCUT2D eigenvalue weighted by Crippen LogP contribution is -2.15. The number of methoxy groups -OCH3 is 1. The van der Waals surface area contributed by atoms with Crippen LogP contribution < -0.4 is 10.1 Å². The number of carbonyl (C=O) groups is 1. The van der Waals surface area contributed by atoms with E-state index < -0.39 is 0 Å². The summed E-state index contributed by atoms with van der Waals surface area (Å²) in [5.74, 6) is 0.583. The van der Waals surface area contributed by atoms with Crippen molar-refractivity contribution in [3.63, 3.8) is 0 Å². The average Bonchev–Trinajstić information content (AvgIpc) is 2.67. The van der Waals surface area contributed by atoms with Gasteiger partial charge in [0.15, 0.2) is 0 Å². The number of carbonyl (C=O) groups excluding carboxylic acids is 1. The van der Waals surface area contributed by atoms with E-state index in [0.717, 1.165) is 21.7 Å². The number of rotatable bonds is 3. The predicted molar refractivity (Wildman–Crippen MR) is 98.0 cm³/mol. The Hall–Kier alpha value is -3.47. The quantitative estimate of drug-likeness (QED) is 0.616. The monoisotopic (exact) mass is 329 g/mol. The molecule has 5 nitrogen and oxygen atoms in total. The molecule has 0 atom stereocenters. The highest BCUT2D eigenvalue weighted by Crippen LogP contribution is 2.24. The van der Waals surface area contributed by atoms with Gasteiger partial charge in [-0.2, -0.15) is 0 Å². The third-order valence-corrected chi connectivity index (χ3v) is 3.97. The second-order valence-electron chi connectivity index (χ2n) is 5.58. The van der Waals surface area contributed by atoms with Crippen LogP contribution >= 0.6 is 0 Å². The first-order chi connectivity index (χ1) is 12.2. The molecule has 4 rings (SSSR count). The summed E-state index contributed by atoms with van der Waals surface area (Å²) in [6, 6.07) is 20.8. The second-order valence-corrected chi connectivity index (χ2v) is 5.58. The number of hydrogen-bond acceptors (Lipinski definition) is 4. The van der Waals surface area contributed by atoms with Crippen molar-refractivity contribution in [3.8, 4) is 5.88 Å². The Balaban J connectivity index is 1.69. The summed E-state index contributed by atoms with van der Waals surface area (Å²) in [6.07, 6.45) is 0. The molecule has 0 aliphatic heterocycles. The van der Waals surface area contributed by atoms with E-state index in [9.17, 15) is 4.79 Å². The van der Waals surface area contributed by atoms with Crippen LogP contribution in [0.4, 0.5) is 5.82 Å². The molecule has 1 amide bonds. The highest BCUT2D eigenvalue weighted by Gasteiger charge is 2.13. The SMILES string of the molecule is COc1nc(C(=O)Nc2ccc3ccccc3n2)cc2ccccc12. The Bertz CT molecular complexity index is 1090. The number of aromatic nitrogens is 2. The van der Waals surface area contributed by atoms with E-state index in [-0.39, 0.29) is 11.6 Å². The van der Waals surface area contributed by atoms with Gasteiger partial charge in [-0.05, 0) is 35.7 Å². The standard InChI is InChI=1S/C20H15N3O2/c1-25-20-15-8-4-2-7-14(15)12-17(22-20)19(24)23-18-11-10-13-6-3-5-9-16(13)21-18/h2-12H,1H3,(H,21,23,24). The molecule has 0 aliphatic carbocycles. The number of pyridine rings is 2. The van der Waals surface area contributed by atoms with Crippen LogP contribution in [0.3, 0.4) is 0 Å². The van der Waals surface area contributed by atoms with Crippen molar-refractivity contribution in [2.45, 2.75) is 0 Å². The molecular weight excluding hydrogens is 314 g/mol. The molecule has 0 spiro atoms. The van der Waals surface area contributed by atoms with E-state index in [1.54, 1.807) is 19.2 Å². The van der Waals surface area contributed by atoms with Crippen LogP contribution in [0.2, 0.25) is 0 Å². The van der Waals surface area contributed by atoms with Gasteiger partial charge in [-0.3, -0.25) is 4.79 Å². The van der Waals surface area contributed by atoms with E-state index >= 15 is 0 Å². The Morgan fingerprint density at radius 3 is 2.52 bits per heavy atom. The van der Waals surface area contributed by atoms with Gasteiger partial charge in [0, 0.05) is 10.8 Å². The fraction of sp³-hybridized carbons (Fsp3) is 0.0500. The molecule has 0 saturated carbocycles. The maximum Gasteiger partial charge on any atom is 0.275 e. The molecule has 25 heavy (non-hydrogen) atoms. The minimum absolute atomic E-state index is 0.283. The van der Waals surface area contributed by atoms with E-state index in [2.05, 4.69) is 15.3 Å². The summed E-state index contributed by atoms with van der Waals surface area (Å²) in [5, 5.41) is 5.58. The summed E-state index contributed by atoms with van der Waals surface area (Å²) in [5.41, 5.74) is 1.11. The first kappa shape index (κ1) is 15.1. The number of amides is 1. The number of fused-ring (bicyclic) bond motifs is 2. The smallest absolute Gasteiger partial charge is 0.275 e. The Morgan fingerprint density at radius 1 is 0.920 bits per heavy atom. The van der Waals surface area contributed by atoms with Gasteiger partial charge in [0.05, 0.1) is 12.6 Å². The molecule has 0 saturated heterocycles. The van der Waals surface area contributed by atoms with Gasteiger partial charge >= 0.3 is 0 Å². The number of benzene rings is 2. The molecule has 1 N–H and O–H groups in total. The molecule has 122 valence electrons. The fourth-order valence-corrected chi connectivity index (χ4v) is 2.75. The summed E-state index contributed by atoms with van der Waals surface area (Å²) in [7, 11) is 1.54. The summed E-state index contributed by atoms with van der Waals surface area (Å²) in [4.78, 5) is 21.4. The van der Waals surface area contributed by atoms with Crippen LogP contribution in [0.15, 0.2) is 66.7 Å². The zero-order valence-electron chi connectivity index (χ0n) is 13.6. The van der Waals surface area contributed by atoms with Gasteiger partial charge in [0.1, 0.15) is 11.5 Å². The van der Waals surface area contributed by atoms with Crippen LogP contribution in [-0.2, 0) is 0 Å². The van der Waals surface area contributed by atoms with Crippen molar-refractivity contribution < 1.29 is 9.53 Å². The second kappa shape index (κ2) is 6.20. The molecule has 2 aromatic carbocycles. The number of hydrogen-bond donors (Lipinski definition) is 1. The fourth-order valence-electron chi connectivity index (χ4n) is 2.75. The predicted octanol–water partition coefficient (Wildman–Crippen LogP) is 4.04. The van der Waals surface area contributed by atoms with Crippen molar-refractivity contribution in [2.75, 3.05) is 12.4 Å². The van der Waals surface area contributed by atoms with Crippen LogP contribution in [0.25, 0.3) is 21.7 Å². The highest BCUT2D eigenvalue weighted by atomic mass is 16.5. The van der Waals surface area contributed by atoms with Crippen molar-refractivity contribution >= 4 is 33.4 Å². The number of ether oxygens (including phenoxy) is 1. The topological polar surface area (TPSA) is 64.1 Å². The van der Waals surface area contributed by atoms with Crippen molar-refractivity contribution in [1.29, 1.82) is 0 Å². The summed E-state index contributed by atoms with van der Waals surface area (Å²) in [6.45, 7) is 0. The van der Waals surface area contributed by atoms with Gasteiger partial charge in [-0.1, -0.05) is 36.4 Å². The van der Waals surface area contributed by atoms with Gasteiger partial charge in [-0.15, -0.1) is 0 Å². The molecule has 0 bridgehead atoms. The minimum atomic E-state index is -0.327. The molecule has 4 aromatic rings. The Labute approximate surface area is 144 Å². The number of anilines is 1. The molecule has 0 unspecified atom stereocenters. The molecule has 0 fully saturated rings. The van der Waals surface area contributed by atoms with Gasteiger partial charge < -0.3 is 10.1 Å². The largest absolute Gasteiger partial charge is 0.481 e. The number of nitrogens with zero attached hydrogens (tertiary/aromatic N) is 2. The summed E-state index contributed by atoms with van der Waals surface area (Å²) >= 11 is 0. The number of para-hydroxylation sites is 1. The third-order valence-electron chi connectivity index (χ3n) is 3.97. The first-order valence-corrected chi connectivity index (χ1v) is 7.85. The van der Waals surface area contributed by atoms with Crippen LogP contribution in [0.5, 0.6) is 5.88 Å². The number of nitrogens with one attached hydrogen (secondary N) is 1. The minimum Gasteiger partial charge on any atom is -0.481 e. The van der Waals surface area contributed by atoms with E-state index in [0.29, 0.717) is 11.7 Å². The summed E-state index contributed by atoms with van der Waals surface area (Å²) < 4.78 is 5.32. The zero-order valence-corrected chi connectivity index (χ0v) is 13.6. The lowest BCUT2D eigenvalue weighted by Gasteiger charge is -2.09. The Morgan fingerprint density at radius 2 is 1.68 bits per heavy atom. The Kier molecular flexibility index (Phi) is 3.74. The van der Waals surface area contributed by atoms with E-state index in [1.165, 1.54) is 0 Å². The van der Waals surface area contributed by atoms with Crippen molar-refractivity contribution in [2.24, 2.45) is 0 Å². The van der Waals surface area contributed by atoms with Crippen LogP contribution in [0, 0.1) is 0 Å². The lowest BCUT2D eigenvalue weighted by molar-refractivity contribution is 0.102. The third kappa shape index (κ3) is 2.87. The van der Waals surface area contributed by atoms with Crippen molar-refractivity contribution in [3.05, 3.63) is 72.4 Å². The first-order valence-electron chi connectivity index (χ1n) is 7.85. The normalized spacial score (nSPS) is 10.8. The van der Waals surface area contributed by atoms with Gasteiger partial charge in [-0.25, -0.2) is 9.97 Å². The highest BCUT2D eigenvalue weighted by molar-refractivity contribution is 6.05. The molecular formula is C20H15N3O2. The molecule has 2 aromatic heterocycles. The molecule has 0 radical (unpaired) electrons. The van der Waals surface area contributed by atoms with E-state index in [1.807, 2.05) is 54.6 Å². The molecule has 2 heterocycles. The average molecular weight is 329 g/mol. The zero-order chi connectivity index (χ0) is 17.2. The molecule has 5 heteroatoms. The molecule has 0 aliphatic rings. The van der Waals surface area contributed by atoms with Gasteiger partial charge in [0.25, 0.3) is 5.91 Å². The van der Waals surface area contributed by atoms with Crippen LogP contribution in [-0.4, -0.2) is 23.0 Å². The lowest BCUT2D eigenvalue weighted by atomic mass is 10.1. The maximum atomic E-state index is 12.6. The van der Waals surface area contributed by atoms with Gasteiger partial charge in [0.2, 0.25) is 5.88 Å². The van der Waals surface area contributed by atoms with Crippen molar-refractivity contribution in [1.82, 2.24) is 9.97 Å². The maximum absolute atomic E-state index is 12.6. The van der Waals surface area contributed by atoms with Crippen LogP contribution in [0.1, 0.15) is 10.5 Å².